The van der Waals surface area contributed by atoms with Gasteiger partial charge in [0.1, 0.15) is 5.82 Å². The number of anilines is 1. The Balaban J connectivity index is 2.73. The average molecular weight is 291 g/mol. The second-order valence-electron chi connectivity index (χ2n) is 5.37. The molecule has 4 nitrogen and oxygen atoms in total. The van der Waals surface area contributed by atoms with Crippen molar-refractivity contribution in [1.82, 2.24) is 10.3 Å². The van der Waals surface area contributed by atoms with E-state index in [0.717, 1.165) is 63.1 Å². The lowest BCUT2D eigenvalue weighted by atomic mass is 10.1. The summed E-state index contributed by atoms with van der Waals surface area (Å²) in [7, 11) is 0. The number of nitrogens with zero attached hydrogens (tertiary/aromatic N) is 1. The predicted octanol–water partition coefficient (Wildman–Crippen LogP) is 3.78. The van der Waals surface area contributed by atoms with E-state index < -0.39 is 0 Å². The lowest BCUT2D eigenvalue weighted by molar-refractivity contribution is 0.0953. The number of carbonyl (C=O) groups excluding carboxylic acids is 1. The van der Waals surface area contributed by atoms with Gasteiger partial charge in [-0.1, -0.05) is 40.0 Å². The molecule has 0 aromatic carbocycles. The Labute approximate surface area is 128 Å². The third-order valence-corrected chi connectivity index (χ3v) is 3.27. The molecule has 1 amide bonds. The summed E-state index contributed by atoms with van der Waals surface area (Å²) in [6.45, 7) is 8.02. The van der Waals surface area contributed by atoms with E-state index in [1.165, 1.54) is 0 Å². The summed E-state index contributed by atoms with van der Waals surface area (Å²) in [5.41, 5.74) is 1.70. The van der Waals surface area contributed by atoms with Crippen molar-refractivity contribution in [2.75, 3.05) is 18.4 Å². The minimum Gasteiger partial charge on any atom is -0.370 e. The van der Waals surface area contributed by atoms with E-state index in [0.29, 0.717) is 5.56 Å². The third kappa shape index (κ3) is 6.61. The molecule has 0 aliphatic rings. The van der Waals surface area contributed by atoms with Crippen molar-refractivity contribution in [2.24, 2.45) is 0 Å². The van der Waals surface area contributed by atoms with Crippen molar-refractivity contribution < 1.29 is 4.79 Å². The number of hydrogen-bond donors (Lipinski definition) is 2. The van der Waals surface area contributed by atoms with Crippen LogP contribution in [0, 0.1) is 0 Å². The molecule has 0 aliphatic carbocycles. The van der Waals surface area contributed by atoms with E-state index in [2.05, 4.69) is 36.4 Å². The van der Waals surface area contributed by atoms with Gasteiger partial charge in [0.05, 0.1) is 0 Å². The van der Waals surface area contributed by atoms with Crippen LogP contribution < -0.4 is 10.6 Å². The van der Waals surface area contributed by atoms with E-state index in [9.17, 15) is 4.79 Å². The van der Waals surface area contributed by atoms with Gasteiger partial charge < -0.3 is 10.6 Å². The zero-order chi connectivity index (χ0) is 15.5. The molecular formula is C17H29N3O. The van der Waals surface area contributed by atoms with Crippen LogP contribution in [0.5, 0.6) is 0 Å². The van der Waals surface area contributed by atoms with Gasteiger partial charge in [-0.2, -0.15) is 0 Å². The van der Waals surface area contributed by atoms with Crippen LogP contribution in [0.2, 0.25) is 0 Å². The molecule has 0 fully saturated rings. The highest BCUT2D eigenvalue weighted by atomic mass is 16.1. The van der Waals surface area contributed by atoms with Gasteiger partial charge in [0.2, 0.25) is 0 Å². The molecule has 0 spiro atoms. The molecule has 0 radical (unpaired) electrons. The highest BCUT2D eigenvalue weighted by Gasteiger charge is 2.09. The minimum atomic E-state index is 0.00500. The number of aryl methyl sites for hydroxylation is 1. The van der Waals surface area contributed by atoms with Gasteiger partial charge in [-0.3, -0.25) is 4.79 Å². The summed E-state index contributed by atoms with van der Waals surface area (Å²) >= 11 is 0. The summed E-state index contributed by atoms with van der Waals surface area (Å²) in [4.78, 5) is 16.8. The summed E-state index contributed by atoms with van der Waals surface area (Å²) in [5.74, 6) is 0.812. The van der Waals surface area contributed by atoms with Crippen molar-refractivity contribution >= 4 is 11.7 Å². The molecule has 0 atom stereocenters. The number of amides is 1. The van der Waals surface area contributed by atoms with Crippen LogP contribution in [0.4, 0.5) is 5.82 Å². The zero-order valence-electron chi connectivity index (χ0n) is 13.7. The zero-order valence-corrected chi connectivity index (χ0v) is 13.7. The fourth-order valence-electron chi connectivity index (χ4n) is 2.13. The molecule has 1 aromatic heterocycles. The Morgan fingerprint density at radius 2 is 1.86 bits per heavy atom. The number of aromatic nitrogens is 1. The van der Waals surface area contributed by atoms with Crippen LogP contribution >= 0.6 is 0 Å². The topological polar surface area (TPSA) is 54.0 Å². The molecule has 0 saturated heterocycles. The second kappa shape index (κ2) is 10.2. The number of pyridine rings is 1. The molecule has 1 heterocycles. The fourth-order valence-corrected chi connectivity index (χ4v) is 2.13. The third-order valence-electron chi connectivity index (χ3n) is 3.27. The summed E-state index contributed by atoms with van der Waals surface area (Å²) in [6.07, 6.45) is 6.33. The number of rotatable bonds is 10. The van der Waals surface area contributed by atoms with Crippen LogP contribution in [0.1, 0.15) is 68.9 Å². The Bertz CT molecular complexity index is 432. The van der Waals surface area contributed by atoms with Gasteiger partial charge in [0.25, 0.3) is 5.91 Å². The van der Waals surface area contributed by atoms with Crippen molar-refractivity contribution in [3.8, 4) is 0 Å². The molecule has 118 valence electrons. The molecule has 0 saturated carbocycles. The normalized spacial score (nSPS) is 10.4. The van der Waals surface area contributed by atoms with Crippen LogP contribution in [0.15, 0.2) is 12.1 Å². The van der Waals surface area contributed by atoms with Crippen molar-refractivity contribution in [2.45, 2.75) is 59.3 Å². The predicted molar refractivity (Wildman–Crippen MR) is 88.9 cm³/mol. The minimum absolute atomic E-state index is 0.00500. The summed E-state index contributed by atoms with van der Waals surface area (Å²) < 4.78 is 0. The average Bonchev–Trinajstić information content (AvgIpc) is 2.49. The first-order chi connectivity index (χ1) is 10.2. The maximum Gasteiger partial charge on any atom is 0.251 e. The Morgan fingerprint density at radius 1 is 1.05 bits per heavy atom. The lowest BCUT2D eigenvalue weighted by Gasteiger charge is -2.10. The number of carbonyl (C=O) groups is 1. The van der Waals surface area contributed by atoms with Gasteiger partial charge in [-0.25, -0.2) is 4.98 Å². The lowest BCUT2D eigenvalue weighted by Crippen LogP contribution is -2.25. The molecule has 1 rings (SSSR count). The highest BCUT2D eigenvalue weighted by molar-refractivity contribution is 5.95. The van der Waals surface area contributed by atoms with E-state index in [1.54, 1.807) is 0 Å². The van der Waals surface area contributed by atoms with Gasteiger partial charge in [-0.15, -0.1) is 0 Å². The van der Waals surface area contributed by atoms with Gasteiger partial charge in [0, 0.05) is 24.3 Å². The van der Waals surface area contributed by atoms with Crippen LogP contribution in [-0.4, -0.2) is 24.0 Å². The van der Waals surface area contributed by atoms with Crippen molar-refractivity contribution in [1.29, 1.82) is 0 Å². The van der Waals surface area contributed by atoms with E-state index >= 15 is 0 Å². The largest absolute Gasteiger partial charge is 0.370 e. The Hall–Kier alpha value is -1.58. The SMILES string of the molecule is CCCCCNC(=O)c1cc(CCC)nc(NCCC)c1. The van der Waals surface area contributed by atoms with Crippen molar-refractivity contribution in [3.05, 3.63) is 23.4 Å². The highest BCUT2D eigenvalue weighted by Crippen LogP contribution is 2.12. The van der Waals surface area contributed by atoms with E-state index in [1.807, 2.05) is 12.1 Å². The van der Waals surface area contributed by atoms with Crippen LogP contribution in [-0.2, 0) is 6.42 Å². The smallest absolute Gasteiger partial charge is 0.251 e. The van der Waals surface area contributed by atoms with Gasteiger partial charge in [-0.05, 0) is 31.4 Å². The fraction of sp³-hybridized carbons (Fsp3) is 0.647. The monoisotopic (exact) mass is 291 g/mol. The van der Waals surface area contributed by atoms with Gasteiger partial charge in [0.15, 0.2) is 0 Å². The molecule has 0 aliphatic heterocycles. The molecule has 4 heteroatoms. The Morgan fingerprint density at radius 3 is 2.52 bits per heavy atom. The maximum absolute atomic E-state index is 12.2. The van der Waals surface area contributed by atoms with E-state index in [4.69, 9.17) is 0 Å². The number of nitrogens with one attached hydrogen (secondary N) is 2. The molecule has 2 N–H and O–H groups in total. The quantitative estimate of drug-likeness (QED) is 0.645. The summed E-state index contributed by atoms with van der Waals surface area (Å²) in [6, 6.07) is 3.76. The summed E-state index contributed by atoms with van der Waals surface area (Å²) in [5, 5.41) is 6.27. The number of unbranched alkanes of at least 4 members (excludes halogenated alkanes) is 2. The van der Waals surface area contributed by atoms with Crippen molar-refractivity contribution in [3.63, 3.8) is 0 Å². The maximum atomic E-state index is 12.2. The van der Waals surface area contributed by atoms with Gasteiger partial charge >= 0.3 is 0 Å². The molecule has 21 heavy (non-hydrogen) atoms. The standard InChI is InChI=1S/C17H29N3O/c1-4-7-8-11-19-17(21)14-12-15(9-5-2)20-16(13-14)18-10-6-3/h12-13H,4-11H2,1-3H3,(H,18,20)(H,19,21). The first kappa shape index (κ1) is 17.5. The molecule has 1 aromatic rings. The first-order valence-electron chi connectivity index (χ1n) is 8.24. The van der Waals surface area contributed by atoms with E-state index in [-0.39, 0.29) is 5.91 Å². The second-order valence-corrected chi connectivity index (χ2v) is 5.37. The number of hydrogen-bond acceptors (Lipinski definition) is 3. The molecule has 0 bridgehead atoms. The van der Waals surface area contributed by atoms with Crippen LogP contribution in [0.3, 0.4) is 0 Å². The Kier molecular flexibility index (Phi) is 8.48. The van der Waals surface area contributed by atoms with Crippen LogP contribution in [0.25, 0.3) is 0 Å². The molecular weight excluding hydrogens is 262 g/mol. The molecule has 0 unspecified atom stereocenters. The first-order valence-corrected chi connectivity index (χ1v) is 8.24.